The van der Waals surface area contributed by atoms with E-state index in [-0.39, 0.29) is 5.91 Å². The maximum Gasteiger partial charge on any atom is 0.272 e. The van der Waals surface area contributed by atoms with Crippen LogP contribution in [0.4, 0.5) is 0 Å². The standard InChI is InChI=1S/C24H26N4O/c1-16-8-9-18(14-17(16)2)23-15-21(20-6-4-5-7-22(20)25-23)24(29)27-26-19-10-12-28(3)13-11-19/h4-9,14-15H,10-13H2,1-3H3,(H,27,29). The monoisotopic (exact) mass is 386 g/mol. The van der Waals surface area contributed by atoms with Crippen molar-refractivity contribution in [1.29, 1.82) is 0 Å². The highest BCUT2D eigenvalue weighted by molar-refractivity contribution is 6.07. The number of nitrogens with one attached hydrogen (secondary N) is 1. The molecule has 5 nitrogen and oxygen atoms in total. The smallest absolute Gasteiger partial charge is 0.272 e. The number of carbonyl (C=O) groups excluding carboxylic acids is 1. The Kier molecular flexibility index (Phi) is 5.41. The molecule has 0 atom stereocenters. The molecule has 3 aromatic rings. The van der Waals surface area contributed by atoms with Crippen molar-refractivity contribution in [3.8, 4) is 11.3 Å². The first kappa shape index (κ1) is 19.3. The van der Waals surface area contributed by atoms with Crippen LogP contribution in [0.1, 0.15) is 34.3 Å². The van der Waals surface area contributed by atoms with Crippen molar-refractivity contribution in [1.82, 2.24) is 15.3 Å². The lowest BCUT2D eigenvalue weighted by molar-refractivity contribution is 0.0956. The number of fused-ring (bicyclic) bond motifs is 1. The largest absolute Gasteiger partial charge is 0.306 e. The topological polar surface area (TPSA) is 57.6 Å². The van der Waals surface area contributed by atoms with Crippen molar-refractivity contribution in [3.63, 3.8) is 0 Å². The van der Waals surface area contributed by atoms with Crippen LogP contribution in [0.2, 0.25) is 0 Å². The number of hydrogen-bond acceptors (Lipinski definition) is 4. The van der Waals surface area contributed by atoms with Crippen molar-refractivity contribution in [2.24, 2.45) is 5.10 Å². The molecule has 148 valence electrons. The van der Waals surface area contributed by atoms with E-state index in [0.717, 1.165) is 53.8 Å². The first-order valence-electron chi connectivity index (χ1n) is 10.0. The lowest BCUT2D eigenvalue weighted by Gasteiger charge is -2.22. The van der Waals surface area contributed by atoms with Crippen LogP contribution in [-0.2, 0) is 0 Å². The molecule has 1 aliphatic rings. The van der Waals surface area contributed by atoms with Crippen molar-refractivity contribution >= 4 is 22.5 Å². The van der Waals surface area contributed by atoms with Crippen LogP contribution in [-0.4, -0.2) is 41.6 Å². The summed E-state index contributed by atoms with van der Waals surface area (Å²) in [7, 11) is 2.10. The molecule has 0 radical (unpaired) electrons. The third kappa shape index (κ3) is 4.20. The van der Waals surface area contributed by atoms with Crippen LogP contribution in [0.3, 0.4) is 0 Å². The molecule has 1 amide bonds. The number of likely N-dealkylation sites (tertiary alicyclic amines) is 1. The van der Waals surface area contributed by atoms with E-state index in [0.29, 0.717) is 5.56 Å². The second-order valence-electron chi connectivity index (χ2n) is 7.79. The number of rotatable bonds is 3. The van der Waals surface area contributed by atoms with Crippen LogP contribution in [0, 0.1) is 13.8 Å². The highest BCUT2D eigenvalue weighted by atomic mass is 16.2. The number of hydrazone groups is 1. The predicted molar refractivity (Wildman–Crippen MR) is 118 cm³/mol. The molecule has 2 aromatic carbocycles. The van der Waals surface area contributed by atoms with Gasteiger partial charge in [-0.1, -0.05) is 30.3 Å². The number of nitrogens with zero attached hydrogens (tertiary/aromatic N) is 3. The summed E-state index contributed by atoms with van der Waals surface area (Å²) >= 11 is 0. The Morgan fingerprint density at radius 2 is 1.79 bits per heavy atom. The fourth-order valence-electron chi connectivity index (χ4n) is 3.59. The zero-order valence-electron chi connectivity index (χ0n) is 17.2. The van der Waals surface area contributed by atoms with Gasteiger partial charge in [0.15, 0.2) is 0 Å². The molecule has 29 heavy (non-hydrogen) atoms. The predicted octanol–water partition coefficient (Wildman–Crippen LogP) is 4.33. The molecule has 1 aromatic heterocycles. The molecule has 2 heterocycles. The third-order valence-electron chi connectivity index (χ3n) is 5.64. The van der Waals surface area contributed by atoms with Gasteiger partial charge in [-0.25, -0.2) is 10.4 Å². The zero-order valence-corrected chi connectivity index (χ0v) is 17.2. The fourth-order valence-corrected chi connectivity index (χ4v) is 3.59. The highest BCUT2D eigenvalue weighted by Crippen LogP contribution is 2.26. The van der Waals surface area contributed by atoms with Crippen molar-refractivity contribution in [2.75, 3.05) is 20.1 Å². The lowest BCUT2D eigenvalue weighted by Crippen LogP contribution is -2.32. The van der Waals surface area contributed by atoms with Gasteiger partial charge in [0.2, 0.25) is 0 Å². The lowest BCUT2D eigenvalue weighted by atomic mass is 10.0. The molecule has 1 fully saturated rings. The van der Waals surface area contributed by atoms with Crippen LogP contribution < -0.4 is 5.43 Å². The minimum Gasteiger partial charge on any atom is -0.306 e. The van der Waals surface area contributed by atoms with E-state index in [9.17, 15) is 4.79 Å². The Morgan fingerprint density at radius 1 is 1.03 bits per heavy atom. The summed E-state index contributed by atoms with van der Waals surface area (Å²) in [6.45, 7) is 6.13. The van der Waals surface area contributed by atoms with E-state index in [4.69, 9.17) is 4.98 Å². The average Bonchev–Trinajstić information content (AvgIpc) is 2.74. The second-order valence-corrected chi connectivity index (χ2v) is 7.79. The molecule has 0 unspecified atom stereocenters. The van der Waals surface area contributed by atoms with Crippen molar-refractivity contribution in [2.45, 2.75) is 26.7 Å². The first-order valence-corrected chi connectivity index (χ1v) is 10.0. The molecule has 4 rings (SSSR count). The number of carbonyl (C=O) groups is 1. The van der Waals surface area contributed by atoms with Gasteiger partial charge in [-0.3, -0.25) is 4.79 Å². The molecular formula is C24H26N4O. The van der Waals surface area contributed by atoms with Gasteiger partial charge in [0.25, 0.3) is 5.91 Å². The van der Waals surface area contributed by atoms with Gasteiger partial charge in [-0.2, -0.15) is 5.10 Å². The highest BCUT2D eigenvalue weighted by Gasteiger charge is 2.16. The first-order chi connectivity index (χ1) is 14.0. The van der Waals surface area contributed by atoms with Crippen molar-refractivity contribution in [3.05, 3.63) is 65.2 Å². The van der Waals surface area contributed by atoms with E-state index in [1.807, 2.05) is 30.3 Å². The molecule has 1 saturated heterocycles. The summed E-state index contributed by atoms with van der Waals surface area (Å²) in [5.74, 6) is -0.194. The van der Waals surface area contributed by atoms with E-state index in [2.05, 4.69) is 54.5 Å². The number of para-hydroxylation sites is 1. The summed E-state index contributed by atoms with van der Waals surface area (Å²) in [5.41, 5.74) is 9.47. The van der Waals surface area contributed by atoms with Crippen LogP contribution in [0.5, 0.6) is 0 Å². The second kappa shape index (κ2) is 8.13. The van der Waals surface area contributed by atoms with Crippen LogP contribution in [0.25, 0.3) is 22.2 Å². The third-order valence-corrected chi connectivity index (χ3v) is 5.64. The fraction of sp³-hybridized carbons (Fsp3) is 0.292. The van der Waals surface area contributed by atoms with Crippen LogP contribution >= 0.6 is 0 Å². The van der Waals surface area contributed by atoms with Gasteiger partial charge in [0.05, 0.1) is 16.8 Å². The summed E-state index contributed by atoms with van der Waals surface area (Å²) in [4.78, 5) is 20.1. The number of pyridine rings is 1. The zero-order chi connectivity index (χ0) is 20.4. The number of piperidine rings is 1. The molecule has 1 aliphatic heterocycles. The maximum atomic E-state index is 13.0. The van der Waals surface area contributed by atoms with E-state index in [1.54, 1.807) is 0 Å². The summed E-state index contributed by atoms with van der Waals surface area (Å²) in [6.07, 6.45) is 1.78. The Bertz CT molecular complexity index is 1090. The number of amides is 1. The molecular weight excluding hydrogens is 360 g/mol. The minimum atomic E-state index is -0.194. The van der Waals surface area contributed by atoms with Crippen LogP contribution in [0.15, 0.2) is 53.6 Å². The van der Waals surface area contributed by atoms with E-state index < -0.39 is 0 Å². The van der Waals surface area contributed by atoms with Gasteiger partial charge in [-0.05, 0) is 50.2 Å². The molecule has 0 spiro atoms. The van der Waals surface area contributed by atoms with Gasteiger partial charge in [-0.15, -0.1) is 0 Å². The normalized spacial score (nSPS) is 14.8. The quantitative estimate of drug-likeness (QED) is 0.682. The Hall–Kier alpha value is -3.05. The van der Waals surface area contributed by atoms with Gasteiger partial charge in [0.1, 0.15) is 0 Å². The van der Waals surface area contributed by atoms with E-state index >= 15 is 0 Å². The molecule has 0 aliphatic carbocycles. The molecule has 0 saturated carbocycles. The maximum absolute atomic E-state index is 13.0. The summed E-state index contributed by atoms with van der Waals surface area (Å²) in [5, 5.41) is 5.23. The Morgan fingerprint density at radius 3 is 2.55 bits per heavy atom. The summed E-state index contributed by atoms with van der Waals surface area (Å²) in [6, 6.07) is 15.9. The Labute approximate surface area is 171 Å². The number of aryl methyl sites for hydroxylation is 2. The van der Waals surface area contributed by atoms with Gasteiger partial charge in [0, 0.05) is 42.6 Å². The number of aromatic nitrogens is 1. The van der Waals surface area contributed by atoms with Gasteiger partial charge >= 0.3 is 0 Å². The van der Waals surface area contributed by atoms with E-state index in [1.165, 1.54) is 11.1 Å². The molecule has 5 heteroatoms. The van der Waals surface area contributed by atoms with Gasteiger partial charge < -0.3 is 4.90 Å². The number of benzene rings is 2. The molecule has 1 N–H and O–H groups in total. The SMILES string of the molecule is Cc1ccc(-c2cc(C(=O)NN=C3CCN(C)CC3)c3ccccc3n2)cc1C. The Balaban J connectivity index is 1.70. The number of hydrogen-bond donors (Lipinski definition) is 1. The summed E-state index contributed by atoms with van der Waals surface area (Å²) < 4.78 is 0. The average molecular weight is 386 g/mol. The molecule has 0 bridgehead atoms. The minimum absolute atomic E-state index is 0.194. The van der Waals surface area contributed by atoms with Crippen molar-refractivity contribution < 1.29 is 4.79 Å².